The highest BCUT2D eigenvalue weighted by Gasteiger charge is 2.15. The number of rotatable bonds is 6. The molecule has 0 N–H and O–H groups in total. The van der Waals surface area contributed by atoms with Gasteiger partial charge in [-0.05, 0) is 26.3 Å². The molecule has 0 radical (unpaired) electrons. The Balaban J connectivity index is 2.30. The van der Waals surface area contributed by atoms with Crippen molar-refractivity contribution in [2.75, 3.05) is 13.1 Å². The van der Waals surface area contributed by atoms with Crippen LogP contribution in [-0.4, -0.2) is 33.7 Å². The molecule has 5 heteroatoms. The molecule has 2 aromatic rings. The van der Waals surface area contributed by atoms with E-state index in [4.69, 9.17) is 0 Å². The van der Waals surface area contributed by atoms with Crippen LogP contribution < -0.4 is 5.56 Å². The average molecular weight is 301 g/mol. The van der Waals surface area contributed by atoms with Crippen LogP contribution in [-0.2, 0) is 11.3 Å². The number of hydrogen-bond acceptors (Lipinski definition) is 3. The lowest BCUT2D eigenvalue weighted by molar-refractivity contribution is -0.132. The number of aryl methyl sites for hydroxylation is 1. The highest BCUT2D eigenvalue weighted by Crippen LogP contribution is 2.11. The molecule has 0 aliphatic rings. The first kappa shape index (κ1) is 16.2. The number of benzene rings is 1. The van der Waals surface area contributed by atoms with Crippen LogP contribution >= 0.6 is 0 Å². The summed E-state index contributed by atoms with van der Waals surface area (Å²) in [5.41, 5.74) is 0.556. The first-order valence-corrected chi connectivity index (χ1v) is 7.82. The molecular weight excluding hydrogens is 278 g/mol. The zero-order chi connectivity index (χ0) is 16.1. The first-order chi connectivity index (χ1) is 10.6. The molecule has 1 amide bonds. The standard InChI is InChI=1S/C17H23N3O2/c1-4-6-11-19(5-2)16(21)12-20-17(22)15-10-8-7-9-14(15)13(3)18-20/h7-10H,4-6,11-12H2,1-3H3. The Morgan fingerprint density at radius 2 is 1.91 bits per heavy atom. The van der Waals surface area contributed by atoms with E-state index in [0.29, 0.717) is 11.9 Å². The van der Waals surface area contributed by atoms with E-state index in [1.807, 2.05) is 32.0 Å². The second-order valence-corrected chi connectivity index (χ2v) is 5.42. The Morgan fingerprint density at radius 1 is 1.23 bits per heavy atom. The van der Waals surface area contributed by atoms with Gasteiger partial charge in [-0.15, -0.1) is 0 Å². The fourth-order valence-electron chi connectivity index (χ4n) is 2.55. The minimum atomic E-state index is -0.207. The van der Waals surface area contributed by atoms with E-state index in [1.165, 1.54) is 4.68 Å². The molecule has 0 aliphatic carbocycles. The molecule has 0 spiro atoms. The molecule has 0 saturated heterocycles. The minimum absolute atomic E-state index is 0.00205. The maximum atomic E-state index is 12.5. The topological polar surface area (TPSA) is 55.2 Å². The van der Waals surface area contributed by atoms with Crippen LogP contribution in [0.2, 0.25) is 0 Å². The van der Waals surface area contributed by atoms with Crippen molar-refractivity contribution in [1.29, 1.82) is 0 Å². The highest BCUT2D eigenvalue weighted by molar-refractivity contribution is 5.83. The second-order valence-electron chi connectivity index (χ2n) is 5.42. The van der Waals surface area contributed by atoms with Gasteiger partial charge in [0.2, 0.25) is 5.91 Å². The van der Waals surface area contributed by atoms with Crippen molar-refractivity contribution in [3.8, 4) is 0 Å². The van der Waals surface area contributed by atoms with Crippen molar-refractivity contribution < 1.29 is 4.79 Å². The largest absolute Gasteiger partial charge is 0.341 e. The summed E-state index contributed by atoms with van der Waals surface area (Å²) in [5, 5.41) is 5.75. The van der Waals surface area contributed by atoms with Gasteiger partial charge in [-0.3, -0.25) is 9.59 Å². The third kappa shape index (κ3) is 3.35. The van der Waals surface area contributed by atoms with Gasteiger partial charge in [0.15, 0.2) is 0 Å². The molecule has 1 heterocycles. The molecule has 0 saturated carbocycles. The third-order valence-electron chi connectivity index (χ3n) is 3.85. The van der Waals surface area contributed by atoms with E-state index in [0.717, 1.165) is 30.5 Å². The molecule has 0 unspecified atom stereocenters. The molecule has 0 aliphatic heterocycles. The summed E-state index contributed by atoms with van der Waals surface area (Å²) >= 11 is 0. The number of fused-ring (bicyclic) bond motifs is 1. The van der Waals surface area contributed by atoms with E-state index in [2.05, 4.69) is 12.0 Å². The second kappa shape index (κ2) is 7.20. The van der Waals surface area contributed by atoms with Gasteiger partial charge < -0.3 is 4.90 Å². The van der Waals surface area contributed by atoms with Crippen LogP contribution in [0.15, 0.2) is 29.1 Å². The molecule has 118 valence electrons. The normalized spacial score (nSPS) is 10.9. The van der Waals surface area contributed by atoms with Crippen LogP contribution in [0, 0.1) is 6.92 Å². The Morgan fingerprint density at radius 3 is 2.55 bits per heavy atom. The van der Waals surface area contributed by atoms with Crippen LogP contribution in [0.3, 0.4) is 0 Å². The lowest BCUT2D eigenvalue weighted by atomic mass is 10.1. The SMILES string of the molecule is CCCCN(CC)C(=O)Cn1nc(C)c2ccccc2c1=O. The maximum Gasteiger partial charge on any atom is 0.275 e. The summed E-state index contributed by atoms with van der Waals surface area (Å²) in [7, 11) is 0. The number of carbonyl (C=O) groups excluding carboxylic acids is 1. The Kier molecular flexibility index (Phi) is 5.31. The van der Waals surface area contributed by atoms with Gasteiger partial charge >= 0.3 is 0 Å². The number of likely N-dealkylation sites (N-methyl/N-ethyl adjacent to an activating group) is 1. The number of nitrogens with zero attached hydrogens (tertiary/aromatic N) is 3. The van der Waals surface area contributed by atoms with Gasteiger partial charge in [-0.25, -0.2) is 4.68 Å². The zero-order valence-electron chi connectivity index (χ0n) is 13.5. The van der Waals surface area contributed by atoms with Gasteiger partial charge in [-0.2, -0.15) is 5.10 Å². The predicted octanol–water partition coefficient (Wildman–Crippen LogP) is 2.35. The van der Waals surface area contributed by atoms with Crippen molar-refractivity contribution >= 4 is 16.7 Å². The Labute approximate surface area is 130 Å². The van der Waals surface area contributed by atoms with Gasteiger partial charge in [0, 0.05) is 18.5 Å². The molecule has 1 aromatic heterocycles. The van der Waals surface area contributed by atoms with E-state index in [1.54, 1.807) is 11.0 Å². The number of hydrogen-bond donors (Lipinski definition) is 0. The zero-order valence-corrected chi connectivity index (χ0v) is 13.5. The molecule has 2 rings (SSSR count). The fourth-order valence-corrected chi connectivity index (χ4v) is 2.55. The number of aromatic nitrogens is 2. The minimum Gasteiger partial charge on any atom is -0.341 e. The highest BCUT2D eigenvalue weighted by atomic mass is 16.2. The monoisotopic (exact) mass is 301 g/mol. The molecule has 0 bridgehead atoms. The summed E-state index contributed by atoms with van der Waals surface area (Å²) in [6, 6.07) is 7.37. The summed E-state index contributed by atoms with van der Waals surface area (Å²) < 4.78 is 1.29. The quantitative estimate of drug-likeness (QED) is 0.823. The summed E-state index contributed by atoms with van der Waals surface area (Å²) in [4.78, 5) is 26.6. The maximum absolute atomic E-state index is 12.5. The summed E-state index contributed by atoms with van der Waals surface area (Å²) in [5.74, 6) is -0.0553. The van der Waals surface area contributed by atoms with Gasteiger partial charge in [0.25, 0.3) is 5.56 Å². The molecular formula is C17H23N3O2. The van der Waals surface area contributed by atoms with E-state index >= 15 is 0 Å². The Hall–Kier alpha value is -2.17. The van der Waals surface area contributed by atoms with Gasteiger partial charge in [-0.1, -0.05) is 31.5 Å². The fraction of sp³-hybridized carbons (Fsp3) is 0.471. The molecule has 0 atom stereocenters. The number of unbranched alkanes of at least 4 members (excludes halogenated alkanes) is 1. The van der Waals surface area contributed by atoms with Crippen molar-refractivity contribution in [2.45, 2.75) is 40.2 Å². The van der Waals surface area contributed by atoms with Crippen molar-refractivity contribution in [3.63, 3.8) is 0 Å². The van der Waals surface area contributed by atoms with Crippen LogP contribution in [0.1, 0.15) is 32.4 Å². The van der Waals surface area contributed by atoms with Crippen molar-refractivity contribution in [2.24, 2.45) is 0 Å². The van der Waals surface area contributed by atoms with Crippen molar-refractivity contribution in [1.82, 2.24) is 14.7 Å². The third-order valence-corrected chi connectivity index (χ3v) is 3.85. The first-order valence-electron chi connectivity index (χ1n) is 7.82. The Bertz CT molecular complexity index is 721. The number of amides is 1. The van der Waals surface area contributed by atoms with E-state index in [9.17, 15) is 9.59 Å². The lowest BCUT2D eigenvalue weighted by Gasteiger charge is -2.21. The van der Waals surface area contributed by atoms with Crippen LogP contribution in [0.5, 0.6) is 0 Å². The average Bonchev–Trinajstić information content (AvgIpc) is 2.53. The molecule has 22 heavy (non-hydrogen) atoms. The summed E-state index contributed by atoms with van der Waals surface area (Å²) in [6.45, 7) is 7.29. The number of carbonyl (C=O) groups is 1. The van der Waals surface area contributed by atoms with E-state index < -0.39 is 0 Å². The smallest absolute Gasteiger partial charge is 0.275 e. The molecule has 0 fully saturated rings. The van der Waals surface area contributed by atoms with Gasteiger partial charge in [0.05, 0.1) is 11.1 Å². The summed E-state index contributed by atoms with van der Waals surface area (Å²) in [6.07, 6.45) is 2.01. The van der Waals surface area contributed by atoms with Gasteiger partial charge in [0.1, 0.15) is 6.54 Å². The van der Waals surface area contributed by atoms with Crippen molar-refractivity contribution in [3.05, 3.63) is 40.3 Å². The molecule has 5 nitrogen and oxygen atoms in total. The van der Waals surface area contributed by atoms with Crippen LogP contribution in [0.4, 0.5) is 0 Å². The predicted molar refractivity (Wildman–Crippen MR) is 87.9 cm³/mol. The van der Waals surface area contributed by atoms with Crippen LogP contribution in [0.25, 0.3) is 10.8 Å². The molecule has 1 aromatic carbocycles. The van der Waals surface area contributed by atoms with E-state index in [-0.39, 0.29) is 18.0 Å². The lowest BCUT2D eigenvalue weighted by Crippen LogP contribution is -2.38.